The first-order valence-electron chi connectivity index (χ1n) is 8.00. The largest absolute Gasteiger partial charge is 0.354 e. The predicted octanol–water partition coefficient (Wildman–Crippen LogP) is 1.69. The Morgan fingerprint density at radius 2 is 2.00 bits per heavy atom. The molecule has 1 fully saturated rings. The van der Waals surface area contributed by atoms with Crippen LogP contribution in [0, 0.1) is 11.8 Å². The molecule has 2 N–H and O–H groups in total. The number of hydrogen-bond acceptors (Lipinski definition) is 3. The molecule has 0 saturated carbocycles. The van der Waals surface area contributed by atoms with Crippen LogP contribution in [0.1, 0.15) is 20.3 Å². The second-order valence-electron chi connectivity index (χ2n) is 6.12. The molecule has 1 aliphatic heterocycles. The van der Waals surface area contributed by atoms with Crippen molar-refractivity contribution in [3.63, 3.8) is 0 Å². The van der Waals surface area contributed by atoms with Crippen LogP contribution in [0.15, 0.2) is 28.7 Å². The van der Waals surface area contributed by atoms with Gasteiger partial charge in [0.15, 0.2) is 0 Å². The van der Waals surface area contributed by atoms with Crippen molar-refractivity contribution < 1.29 is 14.4 Å². The Morgan fingerprint density at radius 1 is 1.29 bits per heavy atom. The molecule has 1 saturated heterocycles. The number of anilines is 1. The average Bonchev–Trinajstić information content (AvgIpc) is 2.93. The van der Waals surface area contributed by atoms with Gasteiger partial charge in [0.25, 0.3) is 0 Å². The first-order valence-corrected chi connectivity index (χ1v) is 8.79. The van der Waals surface area contributed by atoms with Crippen molar-refractivity contribution in [3.05, 3.63) is 28.7 Å². The second-order valence-corrected chi connectivity index (χ2v) is 7.04. The van der Waals surface area contributed by atoms with E-state index in [-0.39, 0.29) is 36.0 Å². The van der Waals surface area contributed by atoms with Crippen LogP contribution in [-0.2, 0) is 14.4 Å². The van der Waals surface area contributed by atoms with Crippen LogP contribution in [0.5, 0.6) is 0 Å². The zero-order valence-electron chi connectivity index (χ0n) is 13.8. The van der Waals surface area contributed by atoms with Gasteiger partial charge in [-0.15, -0.1) is 0 Å². The van der Waals surface area contributed by atoms with E-state index in [4.69, 9.17) is 0 Å². The molecule has 7 heteroatoms. The maximum absolute atomic E-state index is 12.2. The molecular formula is C17H22BrN3O3. The van der Waals surface area contributed by atoms with Crippen molar-refractivity contribution in [2.45, 2.75) is 20.3 Å². The van der Waals surface area contributed by atoms with Gasteiger partial charge in [0, 0.05) is 42.1 Å². The van der Waals surface area contributed by atoms with Gasteiger partial charge in [-0.1, -0.05) is 35.8 Å². The highest BCUT2D eigenvalue weighted by Gasteiger charge is 2.34. The molecule has 0 spiro atoms. The number of halogens is 1. The lowest BCUT2D eigenvalue weighted by atomic mass is 10.1. The molecule has 1 aromatic carbocycles. The Morgan fingerprint density at radius 3 is 2.67 bits per heavy atom. The highest BCUT2D eigenvalue weighted by molar-refractivity contribution is 9.10. The van der Waals surface area contributed by atoms with Gasteiger partial charge in [-0.05, 0) is 18.2 Å². The molecule has 6 nitrogen and oxygen atoms in total. The monoisotopic (exact) mass is 395 g/mol. The zero-order chi connectivity index (χ0) is 17.7. The van der Waals surface area contributed by atoms with Gasteiger partial charge < -0.3 is 15.5 Å². The summed E-state index contributed by atoms with van der Waals surface area (Å²) in [6, 6.07) is 7.46. The van der Waals surface area contributed by atoms with Crippen molar-refractivity contribution in [1.29, 1.82) is 0 Å². The van der Waals surface area contributed by atoms with Crippen LogP contribution >= 0.6 is 15.9 Å². The Bertz CT molecular complexity index is 633. The number of rotatable bonds is 6. The number of nitrogens with one attached hydrogen (secondary N) is 2. The van der Waals surface area contributed by atoms with Gasteiger partial charge in [0.1, 0.15) is 0 Å². The van der Waals surface area contributed by atoms with Crippen molar-refractivity contribution in [1.82, 2.24) is 10.6 Å². The van der Waals surface area contributed by atoms with Gasteiger partial charge in [-0.25, -0.2) is 0 Å². The summed E-state index contributed by atoms with van der Waals surface area (Å²) in [6.45, 7) is 4.75. The normalized spacial score (nSPS) is 17.2. The Hall–Kier alpha value is -1.89. The van der Waals surface area contributed by atoms with E-state index in [1.54, 1.807) is 4.90 Å². The average molecular weight is 396 g/mol. The molecule has 0 aromatic heterocycles. The third-order valence-corrected chi connectivity index (χ3v) is 4.36. The third kappa shape index (κ3) is 4.80. The molecule has 1 atom stereocenters. The van der Waals surface area contributed by atoms with E-state index in [0.29, 0.717) is 19.6 Å². The molecule has 130 valence electrons. The van der Waals surface area contributed by atoms with Gasteiger partial charge in [0.05, 0.1) is 5.92 Å². The maximum atomic E-state index is 12.2. The standard InChI is InChI=1S/C17H22BrN3O3/c1-11(2)16(23)19-6-7-20-17(24)12-8-15(22)21(10-12)14-5-3-4-13(18)9-14/h3-5,9,11-12H,6-8,10H2,1-2H3,(H,19,23)(H,20,24). The molecule has 1 unspecified atom stereocenters. The Kier molecular flexibility index (Phi) is 6.36. The van der Waals surface area contributed by atoms with Crippen LogP contribution in [0.2, 0.25) is 0 Å². The molecule has 3 amide bonds. The number of benzene rings is 1. The minimum absolute atomic E-state index is 0.0406. The van der Waals surface area contributed by atoms with Gasteiger partial charge in [0.2, 0.25) is 17.7 Å². The molecule has 0 aliphatic carbocycles. The molecular weight excluding hydrogens is 374 g/mol. The highest BCUT2D eigenvalue weighted by Crippen LogP contribution is 2.27. The summed E-state index contributed by atoms with van der Waals surface area (Å²) in [6.07, 6.45) is 0.205. The summed E-state index contributed by atoms with van der Waals surface area (Å²) >= 11 is 3.39. The first kappa shape index (κ1) is 18.4. The third-order valence-electron chi connectivity index (χ3n) is 3.86. The first-order chi connectivity index (χ1) is 11.4. The SMILES string of the molecule is CC(C)C(=O)NCCNC(=O)C1CC(=O)N(c2cccc(Br)c2)C1. The second kappa shape index (κ2) is 8.28. The van der Waals surface area contributed by atoms with Crippen LogP contribution in [-0.4, -0.2) is 37.4 Å². The van der Waals surface area contributed by atoms with Crippen molar-refractivity contribution in [2.24, 2.45) is 11.8 Å². The fraction of sp³-hybridized carbons (Fsp3) is 0.471. The number of amides is 3. The van der Waals surface area contributed by atoms with Crippen LogP contribution in [0.3, 0.4) is 0 Å². The van der Waals surface area contributed by atoms with E-state index >= 15 is 0 Å². The predicted molar refractivity (Wildman–Crippen MR) is 95.5 cm³/mol. The number of hydrogen-bond donors (Lipinski definition) is 2. The number of nitrogens with zero attached hydrogens (tertiary/aromatic N) is 1. The quantitative estimate of drug-likeness (QED) is 0.719. The van der Waals surface area contributed by atoms with Crippen molar-refractivity contribution >= 4 is 39.3 Å². The van der Waals surface area contributed by atoms with Crippen molar-refractivity contribution in [2.75, 3.05) is 24.5 Å². The van der Waals surface area contributed by atoms with E-state index in [1.807, 2.05) is 38.1 Å². The summed E-state index contributed by atoms with van der Waals surface area (Å²) in [5, 5.41) is 5.52. The molecule has 1 aromatic rings. The summed E-state index contributed by atoms with van der Waals surface area (Å²) in [4.78, 5) is 37.4. The number of carbonyl (C=O) groups is 3. The topological polar surface area (TPSA) is 78.5 Å². The molecule has 1 aliphatic rings. The van der Waals surface area contributed by atoms with Crippen LogP contribution < -0.4 is 15.5 Å². The summed E-state index contributed by atoms with van der Waals surface area (Å²) in [5.74, 6) is -0.689. The summed E-state index contributed by atoms with van der Waals surface area (Å²) in [7, 11) is 0. The molecule has 1 heterocycles. The molecule has 0 radical (unpaired) electrons. The van der Waals surface area contributed by atoms with E-state index in [1.165, 1.54) is 0 Å². The maximum Gasteiger partial charge on any atom is 0.227 e. The van der Waals surface area contributed by atoms with Crippen LogP contribution in [0.25, 0.3) is 0 Å². The summed E-state index contributed by atoms with van der Waals surface area (Å²) < 4.78 is 0.890. The summed E-state index contributed by atoms with van der Waals surface area (Å²) in [5.41, 5.74) is 0.786. The fourth-order valence-corrected chi connectivity index (χ4v) is 2.88. The fourth-order valence-electron chi connectivity index (χ4n) is 2.50. The minimum Gasteiger partial charge on any atom is -0.354 e. The van der Waals surface area contributed by atoms with E-state index < -0.39 is 0 Å². The smallest absolute Gasteiger partial charge is 0.227 e. The van der Waals surface area contributed by atoms with Crippen molar-refractivity contribution in [3.8, 4) is 0 Å². The zero-order valence-corrected chi connectivity index (χ0v) is 15.4. The van der Waals surface area contributed by atoms with Gasteiger partial charge in [-0.3, -0.25) is 14.4 Å². The lowest BCUT2D eigenvalue weighted by Crippen LogP contribution is -2.39. The molecule has 24 heavy (non-hydrogen) atoms. The minimum atomic E-state index is -0.364. The highest BCUT2D eigenvalue weighted by atomic mass is 79.9. The van der Waals surface area contributed by atoms with E-state index in [9.17, 15) is 14.4 Å². The van der Waals surface area contributed by atoms with Crippen LogP contribution in [0.4, 0.5) is 5.69 Å². The lowest BCUT2D eigenvalue weighted by molar-refractivity contribution is -0.126. The van der Waals surface area contributed by atoms with E-state index in [2.05, 4.69) is 26.6 Å². The molecule has 2 rings (SSSR count). The van der Waals surface area contributed by atoms with E-state index in [0.717, 1.165) is 10.2 Å². The molecule has 0 bridgehead atoms. The van der Waals surface area contributed by atoms with Gasteiger partial charge in [-0.2, -0.15) is 0 Å². The Labute approximate surface area is 150 Å². The number of carbonyl (C=O) groups excluding carboxylic acids is 3. The Balaban J connectivity index is 1.82. The van der Waals surface area contributed by atoms with Gasteiger partial charge >= 0.3 is 0 Å². The lowest BCUT2D eigenvalue weighted by Gasteiger charge is -2.17.